The number of nitrogens with zero attached hydrogens (tertiary/aromatic N) is 4. The van der Waals surface area contributed by atoms with Crippen LogP contribution in [0.5, 0.6) is 5.75 Å². The van der Waals surface area contributed by atoms with Gasteiger partial charge in [0.2, 0.25) is 0 Å². The molecule has 13 heteroatoms. The highest BCUT2D eigenvalue weighted by atomic mass is 16.6. The van der Waals surface area contributed by atoms with E-state index in [0.29, 0.717) is 76.1 Å². The number of likely N-dealkylation sites (tertiary alicyclic amines) is 3. The monoisotopic (exact) mass is 689 g/mol. The highest BCUT2D eigenvalue weighted by Crippen LogP contribution is 2.33. The van der Waals surface area contributed by atoms with Gasteiger partial charge in [-0.3, -0.25) is 9.59 Å². The molecule has 0 unspecified atom stereocenters. The van der Waals surface area contributed by atoms with Crippen molar-refractivity contribution in [2.24, 2.45) is 11.8 Å². The quantitative estimate of drug-likeness (QED) is 0.386. The van der Waals surface area contributed by atoms with Crippen molar-refractivity contribution in [3.63, 3.8) is 0 Å². The first kappa shape index (κ1) is 35.0. The van der Waals surface area contributed by atoms with E-state index in [1.807, 2.05) is 29.2 Å². The first-order valence-corrected chi connectivity index (χ1v) is 17.8. The lowest BCUT2D eigenvalue weighted by Crippen LogP contribution is -2.52. The van der Waals surface area contributed by atoms with Crippen LogP contribution in [0.1, 0.15) is 55.2 Å². The van der Waals surface area contributed by atoms with Gasteiger partial charge in [0.05, 0.1) is 0 Å². The maximum absolute atomic E-state index is 14.0. The number of aliphatic carboxylic acids is 1. The highest BCUT2D eigenvalue weighted by molar-refractivity contribution is 6.31. The van der Waals surface area contributed by atoms with Gasteiger partial charge >= 0.3 is 24.0 Å². The Hall–Kier alpha value is -4.81. The minimum Gasteiger partial charge on any atom is -0.508 e. The van der Waals surface area contributed by atoms with Gasteiger partial charge in [0.25, 0.3) is 5.91 Å². The summed E-state index contributed by atoms with van der Waals surface area (Å²) in [7, 11) is 0. The van der Waals surface area contributed by atoms with Crippen LogP contribution in [0.3, 0.4) is 0 Å². The van der Waals surface area contributed by atoms with Crippen LogP contribution >= 0.6 is 0 Å². The van der Waals surface area contributed by atoms with E-state index in [1.165, 1.54) is 4.90 Å². The van der Waals surface area contributed by atoms with Crippen LogP contribution in [-0.4, -0.2) is 118 Å². The van der Waals surface area contributed by atoms with E-state index in [4.69, 9.17) is 9.84 Å². The summed E-state index contributed by atoms with van der Waals surface area (Å²) in [6, 6.07) is 12.8. The number of ether oxygens (including phenoxy) is 1. The van der Waals surface area contributed by atoms with Crippen LogP contribution in [0.15, 0.2) is 42.5 Å². The number of nitrogens with one attached hydrogen (secondary N) is 1. The minimum absolute atomic E-state index is 0.0167. The molecule has 50 heavy (non-hydrogen) atoms. The summed E-state index contributed by atoms with van der Waals surface area (Å²) in [4.78, 5) is 70.2. The van der Waals surface area contributed by atoms with E-state index >= 15 is 0 Å². The first-order valence-electron chi connectivity index (χ1n) is 17.8. The number of carbonyl (C=O) groups excluding carboxylic acids is 4. The van der Waals surface area contributed by atoms with E-state index in [-0.39, 0.29) is 30.2 Å². The lowest BCUT2D eigenvalue weighted by molar-refractivity contribution is -0.156. The van der Waals surface area contributed by atoms with E-state index in [1.54, 1.807) is 34.9 Å². The number of hydrogen-bond acceptors (Lipinski definition) is 7. The number of hydrogen-bond donors (Lipinski definition) is 3. The Balaban J connectivity index is 1.05. The predicted octanol–water partition coefficient (Wildman–Crippen LogP) is 3.86. The topological polar surface area (TPSA) is 160 Å². The number of phenolic OH excluding ortho intramolecular Hbond substituents is 1. The number of aryl methyl sites for hydroxylation is 1. The minimum atomic E-state index is -1.43. The molecule has 0 aromatic heterocycles. The average Bonchev–Trinajstić information content (AvgIpc) is 3.30. The third-order valence-electron chi connectivity index (χ3n) is 11.0. The van der Waals surface area contributed by atoms with Crippen molar-refractivity contribution < 1.29 is 38.9 Å². The second kappa shape index (κ2) is 15.4. The van der Waals surface area contributed by atoms with Crippen LogP contribution in [-0.2, 0) is 32.0 Å². The van der Waals surface area contributed by atoms with Gasteiger partial charge < -0.3 is 39.9 Å². The van der Waals surface area contributed by atoms with Crippen LogP contribution < -0.4 is 5.32 Å². The maximum Gasteiger partial charge on any atom is 0.410 e. The molecule has 0 saturated carbocycles. The van der Waals surface area contributed by atoms with Gasteiger partial charge in [-0.15, -0.1) is 0 Å². The van der Waals surface area contributed by atoms with Crippen molar-refractivity contribution in [2.75, 3.05) is 51.1 Å². The second-order valence-electron chi connectivity index (χ2n) is 14.0. The number of amides is 5. The molecule has 4 aliphatic rings. The molecular formula is C37H47N5O8. The molecule has 5 amide bonds. The number of phenols is 1. The molecule has 4 aliphatic heterocycles. The number of rotatable bonds is 6. The van der Waals surface area contributed by atoms with Crippen molar-refractivity contribution in [3.8, 4) is 5.75 Å². The van der Waals surface area contributed by atoms with Gasteiger partial charge in [-0.05, 0) is 92.5 Å². The summed E-state index contributed by atoms with van der Waals surface area (Å²) in [5.41, 5.74) is 3.38. The fourth-order valence-electron chi connectivity index (χ4n) is 8.04. The lowest BCUT2D eigenvalue weighted by atomic mass is 9.78. The van der Waals surface area contributed by atoms with E-state index in [0.717, 1.165) is 48.9 Å². The number of carboxylic acids is 1. The Kier molecular flexibility index (Phi) is 10.8. The molecule has 13 nitrogen and oxygen atoms in total. The summed E-state index contributed by atoms with van der Waals surface area (Å²) in [5, 5.41) is 22.1. The standard InChI is InChI=1S/C37H47N5O8/c1-24-22-25(6-7-31(24)43)23-32(33(44)39-15-8-26(9-16-39)27-10-17-40(18-11-27)34(45)35(46)47)50-37(49)41-19-13-29(14-20-41)42-21-12-28-4-2-3-5-30(28)38-36(42)48/h2-7,22,26-27,29,32,43H,8-21,23H2,1H3,(H,38,48)(H,46,47)/t32-/m1/s1. The summed E-state index contributed by atoms with van der Waals surface area (Å²) in [6.45, 7) is 5.08. The SMILES string of the molecule is Cc1cc(C[C@@H](OC(=O)N2CCC(N3CCc4ccccc4NC3=O)CC2)C(=O)N2CCC(C3CCN(C(=O)C(=O)O)CC3)CC2)ccc1O. The molecule has 3 fully saturated rings. The zero-order valence-electron chi connectivity index (χ0n) is 28.6. The average molecular weight is 690 g/mol. The number of carboxylic acid groups (broad SMARTS) is 1. The predicted molar refractivity (Wildman–Crippen MR) is 184 cm³/mol. The highest BCUT2D eigenvalue weighted by Gasteiger charge is 2.37. The van der Waals surface area contributed by atoms with Gasteiger partial charge in [-0.1, -0.05) is 30.3 Å². The molecule has 0 radical (unpaired) electrons. The number of carbonyl (C=O) groups is 5. The van der Waals surface area contributed by atoms with E-state index in [9.17, 15) is 29.1 Å². The summed E-state index contributed by atoms with van der Waals surface area (Å²) in [5.74, 6) is -1.65. The Labute approximate surface area is 292 Å². The maximum atomic E-state index is 14.0. The summed E-state index contributed by atoms with van der Waals surface area (Å²) < 4.78 is 5.99. The molecule has 3 saturated heterocycles. The van der Waals surface area contributed by atoms with Gasteiger partial charge in [0.15, 0.2) is 6.10 Å². The molecule has 6 rings (SSSR count). The molecular weight excluding hydrogens is 642 g/mol. The van der Waals surface area contributed by atoms with Crippen LogP contribution in [0.2, 0.25) is 0 Å². The molecule has 0 bridgehead atoms. The number of aromatic hydroxyl groups is 1. The third-order valence-corrected chi connectivity index (χ3v) is 11.0. The largest absolute Gasteiger partial charge is 0.508 e. The summed E-state index contributed by atoms with van der Waals surface area (Å²) in [6.07, 6.45) is 3.58. The van der Waals surface area contributed by atoms with Crippen molar-refractivity contribution in [2.45, 2.75) is 70.4 Å². The number of urea groups is 1. The number of piperidine rings is 3. The normalized spacial score (nSPS) is 20.1. The Morgan fingerprint density at radius 1 is 0.840 bits per heavy atom. The Morgan fingerprint density at radius 3 is 2.10 bits per heavy atom. The molecule has 4 heterocycles. The number of para-hydroxylation sites is 1. The molecule has 0 spiro atoms. The molecule has 2 aromatic rings. The zero-order valence-corrected chi connectivity index (χ0v) is 28.6. The van der Waals surface area contributed by atoms with Crippen molar-refractivity contribution in [3.05, 3.63) is 59.2 Å². The molecule has 1 atom stereocenters. The fourth-order valence-corrected chi connectivity index (χ4v) is 8.04. The fraction of sp³-hybridized carbons (Fsp3) is 0.541. The second-order valence-corrected chi connectivity index (χ2v) is 14.0. The van der Waals surface area contributed by atoms with Crippen LogP contribution in [0.25, 0.3) is 0 Å². The van der Waals surface area contributed by atoms with Gasteiger partial charge in [0.1, 0.15) is 5.75 Å². The van der Waals surface area contributed by atoms with Crippen molar-refractivity contribution in [1.29, 1.82) is 0 Å². The molecule has 268 valence electrons. The molecule has 2 aromatic carbocycles. The zero-order chi connectivity index (χ0) is 35.4. The van der Waals surface area contributed by atoms with Gasteiger partial charge in [0, 0.05) is 64.0 Å². The van der Waals surface area contributed by atoms with Crippen LogP contribution in [0.4, 0.5) is 15.3 Å². The van der Waals surface area contributed by atoms with E-state index < -0.39 is 24.1 Å². The Bertz CT molecular complexity index is 1590. The summed E-state index contributed by atoms with van der Waals surface area (Å²) >= 11 is 0. The van der Waals surface area contributed by atoms with Gasteiger partial charge in [-0.25, -0.2) is 14.4 Å². The number of benzene rings is 2. The number of fused-ring (bicyclic) bond motifs is 1. The van der Waals surface area contributed by atoms with Crippen molar-refractivity contribution >= 4 is 35.6 Å². The number of anilines is 1. The molecule has 0 aliphatic carbocycles. The van der Waals surface area contributed by atoms with Crippen molar-refractivity contribution in [1.82, 2.24) is 19.6 Å². The Morgan fingerprint density at radius 2 is 1.46 bits per heavy atom. The van der Waals surface area contributed by atoms with Gasteiger partial charge in [-0.2, -0.15) is 0 Å². The van der Waals surface area contributed by atoms with E-state index in [2.05, 4.69) is 5.32 Å². The third kappa shape index (κ3) is 7.97. The smallest absolute Gasteiger partial charge is 0.410 e. The first-order chi connectivity index (χ1) is 24.1. The molecule has 3 N–H and O–H groups in total. The van der Waals surface area contributed by atoms with Crippen LogP contribution in [0, 0.1) is 18.8 Å². The lowest BCUT2D eigenvalue weighted by Gasteiger charge is -2.40.